The van der Waals surface area contributed by atoms with Gasteiger partial charge in [-0.05, 0) is 31.5 Å². The maximum atomic E-state index is 6.06. The van der Waals surface area contributed by atoms with Crippen molar-refractivity contribution in [3.63, 3.8) is 0 Å². The van der Waals surface area contributed by atoms with Crippen molar-refractivity contribution in [1.82, 2.24) is 10.3 Å². The van der Waals surface area contributed by atoms with Crippen LogP contribution in [-0.4, -0.2) is 4.98 Å². The van der Waals surface area contributed by atoms with Gasteiger partial charge in [-0.25, -0.2) is 4.98 Å². The highest BCUT2D eigenvalue weighted by atomic mass is 35.5. The van der Waals surface area contributed by atoms with Gasteiger partial charge in [-0.15, -0.1) is 23.7 Å². The molecule has 7 heteroatoms. The van der Waals surface area contributed by atoms with Crippen molar-refractivity contribution >= 4 is 52.1 Å². The highest BCUT2D eigenvalue weighted by Gasteiger charge is 2.20. The minimum Gasteiger partial charge on any atom is -0.375 e. The Balaban J connectivity index is 0.00000200. The minimum absolute atomic E-state index is 0. The Kier molecular flexibility index (Phi) is 6.10. The second-order valence-electron chi connectivity index (χ2n) is 4.77. The van der Waals surface area contributed by atoms with Crippen LogP contribution < -0.4 is 11.1 Å². The van der Waals surface area contributed by atoms with Gasteiger partial charge in [-0.1, -0.05) is 29.3 Å². The number of aromatic nitrogens is 1. The number of nitrogen functional groups attached to an aromatic ring is 1. The molecule has 20 heavy (non-hydrogen) atoms. The number of nitrogens with zero attached hydrogens (tertiary/aromatic N) is 1. The summed E-state index contributed by atoms with van der Waals surface area (Å²) in [5.74, 6) is 0. The lowest BCUT2D eigenvalue weighted by Crippen LogP contribution is -2.35. The van der Waals surface area contributed by atoms with Gasteiger partial charge in [0.05, 0.1) is 10.0 Å². The van der Waals surface area contributed by atoms with Crippen LogP contribution in [0.5, 0.6) is 0 Å². The highest BCUT2D eigenvalue weighted by Crippen LogP contribution is 2.29. The number of benzene rings is 1. The normalized spacial score (nSPS) is 11.2. The molecule has 0 saturated heterocycles. The minimum atomic E-state index is -0.215. The largest absolute Gasteiger partial charge is 0.375 e. The molecule has 1 aromatic heterocycles. The van der Waals surface area contributed by atoms with Crippen molar-refractivity contribution in [3.8, 4) is 0 Å². The average Bonchev–Trinajstić information content (AvgIpc) is 2.76. The van der Waals surface area contributed by atoms with Gasteiger partial charge >= 0.3 is 0 Å². The molecular weight excluding hydrogens is 337 g/mol. The molecule has 1 aromatic carbocycles. The summed E-state index contributed by atoms with van der Waals surface area (Å²) < 4.78 is 0. The van der Waals surface area contributed by atoms with Gasteiger partial charge < -0.3 is 11.1 Å². The van der Waals surface area contributed by atoms with E-state index in [1.54, 1.807) is 6.20 Å². The van der Waals surface area contributed by atoms with Crippen LogP contribution in [0.2, 0.25) is 10.0 Å². The number of anilines is 1. The third kappa shape index (κ3) is 4.24. The number of nitrogens with two attached hydrogens (primary N) is 1. The molecule has 0 saturated carbocycles. The molecule has 0 atom stereocenters. The van der Waals surface area contributed by atoms with Crippen LogP contribution in [0.3, 0.4) is 0 Å². The van der Waals surface area contributed by atoms with E-state index in [-0.39, 0.29) is 17.9 Å². The van der Waals surface area contributed by atoms with Crippen LogP contribution >= 0.6 is 46.9 Å². The third-order valence-corrected chi connectivity index (χ3v) is 4.48. The molecule has 0 aliphatic carbocycles. The topological polar surface area (TPSA) is 50.9 Å². The van der Waals surface area contributed by atoms with E-state index in [1.165, 1.54) is 11.3 Å². The first kappa shape index (κ1) is 17.5. The monoisotopic (exact) mass is 351 g/mol. The van der Waals surface area contributed by atoms with Crippen molar-refractivity contribution in [3.05, 3.63) is 44.9 Å². The SMILES string of the molecule is CC(C)(NCc1cnc(N)s1)c1ccc(Cl)c(Cl)c1.Cl. The molecule has 2 rings (SSSR count). The van der Waals surface area contributed by atoms with E-state index in [4.69, 9.17) is 28.9 Å². The van der Waals surface area contributed by atoms with Gasteiger partial charge in [-0.3, -0.25) is 0 Å². The number of halogens is 3. The van der Waals surface area contributed by atoms with Crippen LogP contribution in [0.4, 0.5) is 5.13 Å². The second-order valence-corrected chi connectivity index (χ2v) is 6.73. The Bertz CT molecular complexity index is 584. The Morgan fingerprint density at radius 3 is 2.55 bits per heavy atom. The van der Waals surface area contributed by atoms with Crippen LogP contribution in [0.25, 0.3) is 0 Å². The zero-order valence-electron chi connectivity index (χ0n) is 11.1. The van der Waals surface area contributed by atoms with Crippen molar-refractivity contribution in [1.29, 1.82) is 0 Å². The summed E-state index contributed by atoms with van der Waals surface area (Å²) in [4.78, 5) is 5.14. The third-order valence-electron chi connectivity index (χ3n) is 2.92. The van der Waals surface area contributed by atoms with Gasteiger partial charge in [0.15, 0.2) is 5.13 Å². The summed E-state index contributed by atoms with van der Waals surface area (Å²) >= 11 is 13.5. The average molecular weight is 353 g/mol. The Morgan fingerprint density at radius 2 is 2.00 bits per heavy atom. The van der Waals surface area contributed by atoms with Crippen LogP contribution in [0.15, 0.2) is 24.4 Å². The van der Waals surface area contributed by atoms with E-state index in [0.29, 0.717) is 21.7 Å². The first-order valence-corrected chi connectivity index (χ1v) is 7.36. The van der Waals surface area contributed by atoms with Crippen molar-refractivity contribution in [2.24, 2.45) is 0 Å². The summed E-state index contributed by atoms with van der Waals surface area (Å²) in [6, 6.07) is 5.67. The fourth-order valence-corrected chi connectivity index (χ4v) is 2.62. The number of thiazole rings is 1. The molecule has 0 amide bonds. The molecule has 0 bridgehead atoms. The van der Waals surface area contributed by atoms with Gasteiger partial charge in [0.25, 0.3) is 0 Å². The van der Waals surface area contributed by atoms with E-state index in [0.717, 1.165) is 10.4 Å². The Morgan fingerprint density at radius 1 is 1.30 bits per heavy atom. The van der Waals surface area contributed by atoms with Gasteiger partial charge in [0.1, 0.15) is 0 Å². The van der Waals surface area contributed by atoms with Crippen LogP contribution in [0, 0.1) is 0 Å². The highest BCUT2D eigenvalue weighted by molar-refractivity contribution is 7.15. The van der Waals surface area contributed by atoms with Crippen LogP contribution in [-0.2, 0) is 12.1 Å². The molecule has 1 heterocycles. The molecule has 0 fully saturated rings. The van der Waals surface area contributed by atoms with E-state index in [1.807, 2.05) is 18.2 Å². The number of hydrogen-bond donors (Lipinski definition) is 2. The van der Waals surface area contributed by atoms with E-state index in [9.17, 15) is 0 Å². The zero-order chi connectivity index (χ0) is 14.0. The van der Waals surface area contributed by atoms with E-state index >= 15 is 0 Å². The number of rotatable bonds is 4. The second kappa shape index (κ2) is 6.96. The molecule has 0 aliphatic heterocycles. The molecule has 0 unspecified atom stereocenters. The first-order chi connectivity index (χ1) is 8.88. The molecule has 0 radical (unpaired) electrons. The summed E-state index contributed by atoms with van der Waals surface area (Å²) in [6.07, 6.45) is 1.79. The van der Waals surface area contributed by atoms with Gasteiger partial charge in [0, 0.05) is 23.2 Å². The van der Waals surface area contributed by atoms with E-state index in [2.05, 4.69) is 24.1 Å². The number of nitrogens with one attached hydrogen (secondary N) is 1. The van der Waals surface area contributed by atoms with Gasteiger partial charge in [-0.2, -0.15) is 0 Å². The standard InChI is InChI=1S/C13H15Cl2N3S.ClH/c1-13(2,8-3-4-10(14)11(15)5-8)18-7-9-6-17-12(16)19-9;/h3-6,18H,7H2,1-2H3,(H2,16,17);1H. The van der Waals surface area contributed by atoms with Gasteiger partial charge in [0.2, 0.25) is 0 Å². The molecule has 0 spiro atoms. The molecular formula is C13H16Cl3N3S. The Hall–Kier alpha value is -0.520. The van der Waals surface area contributed by atoms with E-state index < -0.39 is 0 Å². The van der Waals surface area contributed by atoms with Crippen molar-refractivity contribution in [2.45, 2.75) is 25.9 Å². The predicted octanol–water partition coefficient (Wildman–Crippen LogP) is 4.48. The Labute approximate surface area is 138 Å². The molecule has 110 valence electrons. The molecule has 3 nitrogen and oxygen atoms in total. The molecule has 2 aromatic rings. The molecule has 3 N–H and O–H groups in total. The zero-order valence-corrected chi connectivity index (χ0v) is 14.3. The quantitative estimate of drug-likeness (QED) is 0.853. The fourth-order valence-electron chi connectivity index (χ4n) is 1.70. The fraction of sp³-hybridized carbons (Fsp3) is 0.308. The first-order valence-electron chi connectivity index (χ1n) is 5.79. The van der Waals surface area contributed by atoms with Crippen molar-refractivity contribution < 1.29 is 0 Å². The maximum absolute atomic E-state index is 6.06. The predicted molar refractivity (Wildman–Crippen MR) is 90.1 cm³/mol. The summed E-state index contributed by atoms with van der Waals surface area (Å²) in [7, 11) is 0. The lowest BCUT2D eigenvalue weighted by Gasteiger charge is -2.27. The molecule has 0 aliphatic rings. The maximum Gasteiger partial charge on any atom is 0.180 e. The number of hydrogen-bond acceptors (Lipinski definition) is 4. The van der Waals surface area contributed by atoms with Crippen molar-refractivity contribution in [2.75, 3.05) is 5.73 Å². The smallest absolute Gasteiger partial charge is 0.180 e. The summed E-state index contributed by atoms with van der Waals surface area (Å²) in [5, 5.41) is 5.18. The van der Waals surface area contributed by atoms with Crippen LogP contribution in [0.1, 0.15) is 24.3 Å². The lowest BCUT2D eigenvalue weighted by molar-refractivity contribution is 0.403. The summed E-state index contributed by atoms with van der Waals surface area (Å²) in [5.41, 5.74) is 6.48. The lowest BCUT2D eigenvalue weighted by atomic mass is 9.94. The summed E-state index contributed by atoms with van der Waals surface area (Å²) in [6.45, 7) is 4.90.